The van der Waals surface area contributed by atoms with Gasteiger partial charge < -0.3 is 10.2 Å². The van der Waals surface area contributed by atoms with Gasteiger partial charge in [-0.25, -0.2) is 0 Å². The molecule has 1 atom stereocenters. The van der Waals surface area contributed by atoms with Gasteiger partial charge in [0.15, 0.2) is 4.67 Å². The highest BCUT2D eigenvalue weighted by atomic mass is 79.9. The molecule has 0 fully saturated rings. The molecule has 0 spiro atoms. The highest BCUT2D eigenvalue weighted by Crippen LogP contribution is 2.22. The highest BCUT2D eigenvalue weighted by Gasteiger charge is 2.14. The second-order valence-electron chi connectivity index (χ2n) is 3.03. The molecule has 0 aliphatic heterocycles. The molecule has 0 aliphatic carbocycles. The van der Waals surface area contributed by atoms with E-state index in [9.17, 15) is 0 Å². The van der Waals surface area contributed by atoms with Crippen molar-refractivity contribution in [2.45, 2.75) is 6.04 Å². The topological polar surface area (TPSA) is 57.0 Å². The lowest BCUT2D eigenvalue weighted by atomic mass is 10.2. The maximum Gasteiger partial charge on any atom is 0.169 e. The smallest absolute Gasteiger partial charge is 0.169 e. The van der Waals surface area contributed by atoms with E-state index in [-0.39, 0.29) is 6.04 Å². The Balaban J connectivity index is 2.28. The fourth-order valence-corrected chi connectivity index (χ4v) is 1.56. The molecule has 0 saturated carbocycles. The van der Waals surface area contributed by atoms with Gasteiger partial charge in [-0.1, -0.05) is 0 Å². The summed E-state index contributed by atoms with van der Waals surface area (Å²) in [5, 5.41) is 4.21. The van der Waals surface area contributed by atoms with Crippen molar-refractivity contribution in [1.29, 1.82) is 0 Å². The van der Waals surface area contributed by atoms with Gasteiger partial charge in [0.25, 0.3) is 0 Å². The van der Waals surface area contributed by atoms with Crippen LogP contribution >= 0.6 is 15.9 Å². The van der Waals surface area contributed by atoms with Gasteiger partial charge in [-0.3, -0.25) is 4.68 Å². The Morgan fingerprint density at radius 2 is 2.29 bits per heavy atom. The number of nitrogens with zero attached hydrogens (tertiary/aromatic N) is 2. The van der Waals surface area contributed by atoms with Crippen LogP contribution in [0.25, 0.3) is 0 Å². The number of nitrogens with two attached hydrogens (primary N) is 1. The Labute approximate surface area is 89.8 Å². The van der Waals surface area contributed by atoms with E-state index in [0.29, 0.717) is 10.4 Å². The molecule has 2 N–H and O–H groups in total. The molecule has 1 unspecified atom stereocenters. The average molecular weight is 256 g/mol. The van der Waals surface area contributed by atoms with Gasteiger partial charge >= 0.3 is 0 Å². The Bertz CT molecular complexity index is 394. The van der Waals surface area contributed by atoms with Crippen LogP contribution in [0.1, 0.15) is 17.5 Å². The third kappa shape index (κ3) is 1.73. The maximum atomic E-state index is 5.95. The van der Waals surface area contributed by atoms with Crippen LogP contribution < -0.4 is 5.73 Å². The summed E-state index contributed by atoms with van der Waals surface area (Å²) in [6, 6.07) is 5.23. The van der Waals surface area contributed by atoms with Crippen LogP contribution in [0.15, 0.2) is 33.5 Å². The molecule has 0 radical (unpaired) electrons. The van der Waals surface area contributed by atoms with Crippen molar-refractivity contribution in [2.75, 3.05) is 0 Å². The standard InChI is InChI=1S/C9H10BrN3O/c1-13-5-4-6(12-13)9(11)7-2-3-8(10)14-7/h2-5,9H,11H2,1H3. The fourth-order valence-electron chi connectivity index (χ4n) is 1.24. The van der Waals surface area contributed by atoms with E-state index >= 15 is 0 Å². The van der Waals surface area contributed by atoms with Crippen molar-refractivity contribution in [3.63, 3.8) is 0 Å². The lowest BCUT2D eigenvalue weighted by Gasteiger charge is -2.03. The quantitative estimate of drug-likeness (QED) is 0.891. The zero-order chi connectivity index (χ0) is 10.1. The van der Waals surface area contributed by atoms with Gasteiger partial charge in [-0.2, -0.15) is 5.10 Å². The summed E-state index contributed by atoms with van der Waals surface area (Å²) < 4.78 is 7.75. The second-order valence-corrected chi connectivity index (χ2v) is 3.82. The van der Waals surface area contributed by atoms with E-state index in [0.717, 1.165) is 5.69 Å². The van der Waals surface area contributed by atoms with Gasteiger partial charge in [-0.15, -0.1) is 0 Å². The molecule has 5 heteroatoms. The summed E-state index contributed by atoms with van der Waals surface area (Å²) in [5.74, 6) is 0.704. The first-order valence-electron chi connectivity index (χ1n) is 4.17. The van der Waals surface area contributed by atoms with E-state index in [4.69, 9.17) is 10.2 Å². The summed E-state index contributed by atoms with van der Waals surface area (Å²) in [5.41, 5.74) is 6.75. The molecule has 2 heterocycles. The van der Waals surface area contributed by atoms with Gasteiger partial charge in [0.1, 0.15) is 11.8 Å². The van der Waals surface area contributed by atoms with Crippen LogP contribution in [0, 0.1) is 0 Å². The molecule has 2 aromatic heterocycles. The second kappa shape index (κ2) is 3.59. The Morgan fingerprint density at radius 3 is 2.79 bits per heavy atom. The van der Waals surface area contributed by atoms with Crippen LogP contribution in [-0.2, 0) is 7.05 Å². The summed E-state index contributed by atoms with van der Waals surface area (Å²) in [6.45, 7) is 0. The monoisotopic (exact) mass is 255 g/mol. The van der Waals surface area contributed by atoms with Crippen molar-refractivity contribution in [3.05, 3.63) is 40.5 Å². The lowest BCUT2D eigenvalue weighted by Crippen LogP contribution is -2.11. The maximum absolute atomic E-state index is 5.95. The van der Waals surface area contributed by atoms with Crippen LogP contribution in [-0.4, -0.2) is 9.78 Å². The number of halogens is 1. The van der Waals surface area contributed by atoms with Crippen LogP contribution in [0.4, 0.5) is 0 Å². The Kier molecular flexibility index (Phi) is 2.43. The van der Waals surface area contributed by atoms with Gasteiger partial charge in [-0.05, 0) is 34.1 Å². The number of aromatic nitrogens is 2. The minimum atomic E-state index is -0.303. The zero-order valence-electron chi connectivity index (χ0n) is 7.64. The predicted molar refractivity (Wildman–Crippen MR) is 55.6 cm³/mol. The molecule has 0 bridgehead atoms. The van der Waals surface area contributed by atoms with Gasteiger partial charge in [0, 0.05) is 13.2 Å². The molecule has 0 amide bonds. The molecule has 74 valence electrons. The third-order valence-corrected chi connectivity index (χ3v) is 2.38. The first kappa shape index (κ1) is 9.48. The first-order valence-corrected chi connectivity index (χ1v) is 4.96. The number of rotatable bonds is 2. The summed E-state index contributed by atoms with van der Waals surface area (Å²) >= 11 is 3.23. The molecule has 0 saturated heterocycles. The number of furan rings is 1. The van der Waals surface area contributed by atoms with E-state index in [1.54, 1.807) is 4.68 Å². The largest absolute Gasteiger partial charge is 0.452 e. The summed E-state index contributed by atoms with van der Waals surface area (Å²) in [7, 11) is 1.86. The lowest BCUT2D eigenvalue weighted by molar-refractivity contribution is 0.466. The van der Waals surface area contributed by atoms with Crippen molar-refractivity contribution < 1.29 is 4.42 Å². The van der Waals surface area contributed by atoms with Crippen LogP contribution in [0.5, 0.6) is 0 Å². The molecule has 0 aromatic carbocycles. The predicted octanol–water partition coefficient (Wildman–Crippen LogP) is 1.82. The zero-order valence-corrected chi connectivity index (χ0v) is 9.23. The SMILES string of the molecule is Cn1ccc(C(N)c2ccc(Br)o2)n1. The van der Waals surface area contributed by atoms with Crippen molar-refractivity contribution in [1.82, 2.24) is 9.78 Å². The highest BCUT2D eigenvalue weighted by molar-refractivity contribution is 9.10. The molecular formula is C9H10BrN3O. The Morgan fingerprint density at radius 1 is 1.50 bits per heavy atom. The average Bonchev–Trinajstić information content (AvgIpc) is 2.73. The number of aryl methyl sites for hydroxylation is 1. The molecule has 4 nitrogen and oxygen atoms in total. The van der Waals surface area contributed by atoms with Crippen LogP contribution in [0.3, 0.4) is 0 Å². The summed E-state index contributed by atoms with van der Waals surface area (Å²) in [6.07, 6.45) is 1.85. The van der Waals surface area contributed by atoms with Crippen molar-refractivity contribution >= 4 is 15.9 Å². The summed E-state index contributed by atoms with van der Waals surface area (Å²) in [4.78, 5) is 0. The minimum absolute atomic E-state index is 0.303. The fraction of sp³-hybridized carbons (Fsp3) is 0.222. The van der Waals surface area contributed by atoms with Crippen LogP contribution in [0.2, 0.25) is 0 Å². The van der Waals surface area contributed by atoms with Crippen molar-refractivity contribution in [3.8, 4) is 0 Å². The molecular weight excluding hydrogens is 246 g/mol. The van der Waals surface area contributed by atoms with Gasteiger partial charge in [0.05, 0.1) is 5.69 Å². The Hall–Kier alpha value is -1.07. The normalized spacial score (nSPS) is 13.1. The van der Waals surface area contributed by atoms with Gasteiger partial charge in [0.2, 0.25) is 0 Å². The third-order valence-electron chi connectivity index (χ3n) is 1.95. The van der Waals surface area contributed by atoms with E-state index in [1.807, 2.05) is 31.4 Å². The molecule has 14 heavy (non-hydrogen) atoms. The first-order chi connectivity index (χ1) is 6.66. The minimum Gasteiger partial charge on any atom is -0.452 e. The van der Waals surface area contributed by atoms with E-state index in [1.165, 1.54) is 0 Å². The van der Waals surface area contributed by atoms with E-state index < -0.39 is 0 Å². The van der Waals surface area contributed by atoms with E-state index in [2.05, 4.69) is 21.0 Å². The molecule has 2 rings (SSSR count). The molecule has 2 aromatic rings. The van der Waals surface area contributed by atoms with Crippen molar-refractivity contribution in [2.24, 2.45) is 12.8 Å². The number of hydrogen-bond donors (Lipinski definition) is 1. The molecule has 0 aliphatic rings. The number of hydrogen-bond acceptors (Lipinski definition) is 3.